The molecule has 18 heavy (non-hydrogen) atoms. The molecule has 2 aliphatic carbocycles. The molecular formula is C17H19N. The first kappa shape index (κ1) is 10.4. The molecule has 0 unspecified atom stereocenters. The molecule has 1 nitrogen and oxygen atoms in total. The molecule has 1 aromatic heterocycles. The van der Waals surface area contributed by atoms with Crippen molar-refractivity contribution in [3.8, 4) is 11.3 Å². The van der Waals surface area contributed by atoms with Gasteiger partial charge in [-0.3, -0.25) is 0 Å². The normalized spacial score (nSPS) is 18.2. The van der Waals surface area contributed by atoms with Gasteiger partial charge in [-0.25, -0.2) is 0 Å². The molecule has 0 amide bonds. The molecule has 1 fully saturated rings. The second-order valence-corrected chi connectivity index (χ2v) is 6.28. The highest BCUT2D eigenvalue weighted by atomic mass is 14.8. The molecule has 4 rings (SSSR count). The van der Waals surface area contributed by atoms with Gasteiger partial charge in [-0.1, -0.05) is 32.0 Å². The van der Waals surface area contributed by atoms with Crippen molar-refractivity contribution in [1.29, 1.82) is 0 Å². The van der Waals surface area contributed by atoms with Crippen LogP contribution in [0.3, 0.4) is 0 Å². The molecule has 0 saturated heterocycles. The van der Waals surface area contributed by atoms with Gasteiger partial charge in [-0.05, 0) is 48.4 Å². The number of aromatic amines is 1. The number of rotatable bonds is 1. The van der Waals surface area contributed by atoms with Crippen molar-refractivity contribution < 1.29 is 0 Å². The Balaban J connectivity index is 1.98. The Hall–Kier alpha value is -1.50. The average Bonchev–Trinajstić information content (AvgIpc) is 3.00. The monoisotopic (exact) mass is 237 g/mol. The Morgan fingerprint density at radius 1 is 1.11 bits per heavy atom. The number of nitrogens with one attached hydrogen (secondary N) is 1. The number of aryl methyl sites for hydroxylation is 1. The van der Waals surface area contributed by atoms with Crippen LogP contribution in [0.25, 0.3) is 11.3 Å². The number of benzene rings is 1. The van der Waals surface area contributed by atoms with Gasteiger partial charge >= 0.3 is 0 Å². The molecule has 0 radical (unpaired) electrons. The maximum Gasteiger partial charge on any atom is 0.0500 e. The molecule has 0 atom stereocenters. The molecule has 1 heteroatoms. The van der Waals surface area contributed by atoms with Crippen LogP contribution in [-0.2, 0) is 5.41 Å². The summed E-state index contributed by atoms with van der Waals surface area (Å²) in [5, 5.41) is 0. The van der Waals surface area contributed by atoms with Gasteiger partial charge < -0.3 is 4.98 Å². The Morgan fingerprint density at radius 3 is 2.56 bits per heavy atom. The summed E-state index contributed by atoms with van der Waals surface area (Å²) < 4.78 is 0. The second-order valence-electron chi connectivity index (χ2n) is 6.28. The summed E-state index contributed by atoms with van der Waals surface area (Å²) in [4.78, 5) is 3.56. The summed E-state index contributed by atoms with van der Waals surface area (Å²) in [6, 6.07) is 9.44. The largest absolute Gasteiger partial charge is 0.358 e. The molecule has 1 N–H and O–H groups in total. The van der Waals surface area contributed by atoms with Crippen molar-refractivity contribution in [2.24, 2.45) is 0 Å². The molecule has 1 saturated carbocycles. The van der Waals surface area contributed by atoms with Crippen LogP contribution in [0.2, 0.25) is 0 Å². The van der Waals surface area contributed by atoms with Gasteiger partial charge in [0.2, 0.25) is 0 Å². The van der Waals surface area contributed by atoms with Crippen LogP contribution in [0, 0.1) is 6.92 Å². The van der Waals surface area contributed by atoms with Crippen LogP contribution in [0.1, 0.15) is 55.0 Å². The predicted molar refractivity (Wildman–Crippen MR) is 75.1 cm³/mol. The smallest absolute Gasteiger partial charge is 0.0500 e. The molecule has 1 heterocycles. The zero-order valence-electron chi connectivity index (χ0n) is 11.3. The van der Waals surface area contributed by atoms with Gasteiger partial charge in [0.25, 0.3) is 0 Å². The highest BCUT2D eigenvalue weighted by molar-refractivity contribution is 5.81. The molecule has 0 aliphatic heterocycles. The van der Waals surface area contributed by atoms with Crippen LogP contribution >= 0.6 is 0 Å². The highest BCUT2D eigenvalue weighted by Crippen LogP contribution is 2.62. The number of aromatic nitrogens is 1. The van der Waals surface area contributed by atoms with Gasteiger partial charge in [0.1, 0.15) is 0 Å². The van der Waals surface area contributed by atoms with Crippen molar-refractivity contribution in [3.05, 3.63) is 46.6 Å². The zero-order chi connectivity index (χ0) is 12.5. The Morgan fingerprint density at radius 2 is 1.89 bits per heavy atom. The Kier molecular flexibility index (Phi) is 1.79. The second kappa shape index (κ2) is 3.09. The lowest BCUT2D eigenvalue weighted by Crippen LogP contribution is -2.04. The number of H-pyrrole nitrogens is 1. The van der Waals surface area contributed by atoms with Gasteiger partial charge in [0.15, 0.2) is 0 Å². The van der Waals surface area contributed by atoms with E-state index in [1.165, 1.54) is 35.4 Å². The van der Waals surface area contributed by atoms with Crippen molar-refractivity contribution in [3.63, 3.8) is 0 Å². The molecule has 2 aliphatic rings. The van der Waals surface area contributed by atoms with Crippen molar-refractivity contribution >= 4 is 0 Å². The molecule has 2 aromatic rings. The van der Waals surface area contributed by atoms with Gasteiger partial charge in [-0.2, -0.15) is 0 Å². The van der Waals surface area contributed by atoms with Crippen LogP contribution in [0.5, 0.6) is 0 Å². The molecule has 1 aromatic carbocycles. The third-order valence-corrected chi connectivity index (χ3v) is 4.71. The fourth-order valence-corrected chi connectivity index (χ4v) is 3.52. The highest BCUT2D eigenvalue weighted by Gasteiger charge is 2.53. The van der Waals surface area contributed by atoms with Crippen LogP contribution in [-0.4, -0.2) is 4.98 Å². The number of hydrogen-bond donors (Lipinski definition) is 1. The fourth-order valence-electron chi connectivity index (χ4n) is 3.52. The number of fused-ring (bicyclic) bond motifs is 5. The van der Waals surface area contributed by atoms with E-state index in [0.29, 0.717) is 11.3 Å². The molecule has 92 valence electrons. The van der Waals surface area contributed by atoms with Crippen LogP contribution in [0.15, 0.2) is 24.3 Å². The molecular weight excluding hydrogens is 218 g/mol. The van der Waals surface area contributed by atoms with Gasteiger partial charge in [0.05, 0.1) is 5.69 Å². The van der Waals surface area contributed by atoms with E-state index in [-0.39, 0.29) is 0 Å². The van der Waals surface area contributed by atoms with Gasteiger partial charge in [-0.15, -0.1) is 0 Å². The maximum atomic E-state index is 3.56. The minimum Gasteiger partial charge on any atom is -0.358 e. The third kappa shape index (κ3) is 1.12. The first-order chi connectivity index (χ1) is 8.62. The van der Waals surface area contributed by atoms with E-state index in [9.17, 15) is 0 Å². The summed E-state index contributed by atoms with van der Waals surface area (Å²) in [5.74, 6) is 0.617. The quantitative estimate of drug-likeness (QED) is 0.751. The standard InChI is InChI=1S/C17H19N/c1-10(2)12-4-5-13-14(9-12)17(6-7-17)15-8-11(3)18-16(13)15/h4-5,8-10,18H,6-7H2,1-3H3. The topological polar surface area (TPSA) is 15.8 Å². The summed E-state index contributed by atoms with van der Waals surface area (Å²) in [6.45, 7) is 6.72. The van der Waals surface area contributed by atoms with Crippen molar-refractivity contribution in [2.75, 3.05) is 0 Å². The maximum absolute atomic E-state index is 3.56. The molecule has 0 bridgehead atoms. The van der Waals surface area contributed by atoms with Gasteiger partial charge in [0, 0.05) is 16.7 Å². The van der Waals surface area contributed by atoms with E-state index in [2.05, 4.69) is 50.0 Å². The lowest BCUT2D eigenvalue weighted by atomic mass is 9.90. The molecule has 1 spiro atoms. The average molecular weight is 237 g/mol. The van der Waals surface area contributed by atoms with E-state index in [0.717, 1.165) is 0 Å². The van der Waals surface area contributed by atoms with E-state index >= 15 is 0 Å². The van der Waals surface area contributed by atoms with E-state index in [1.54, 1.807) is 11.1 Å². The Bertz CT molecular complexity index is 642. The summed E-state index contributed by atoms with van der Waals surface area (Å²) in [6.07, 6.45) is 2.65. The third-order valence-electron chi connectivity index (χ3n) is 4.71. The SMILES string of the molecule is Cc1cc2c([nH]1)-c1ccc(C(C)C)cc1C21CC1. The van der Waals surface area contributed by atoms with Crippen LogP contribution in [0.4, 0.5) is 0 Å². The van der Waals surface area contributed by atoms with E-state index in [4.69, 9.17) is 0 Å². The van der Waals surface area contributed by atoms with Crippen molar-refractivity contribution in [2.45, 2.75) is 44.9 Å². The summed E-state index contributed by atoms with van der Waals surface area (Å²) in [7, 11) is 0. The lowest BCUT2D eigenvalue weighted by Gasteiger charge is -2.13. The summed E-state index contributed by atoms with van der Waals surface area (Å²) >= 11 is 0. The first-order valence-electron chi connectivity index (χ1n) is 6.97. The zero-order valence-corrected chi connectivity index (χ0v) is 11.3. The minimum atomic E-state index is 0.375. The lowest BCUT2D eigenvalue weighted by molar-refractivity contribution is 0.841. The van der Waals surface area contributed by atoms with Crippen LogP contribution < -0.4 is 0 Å². The first-order valence-corrected chi connectivity index (χ1v) is 6.97. The summed E-state index contributed by atoms with van der Waals surface area (Å²) in [5.41, 5.74) is 9.10. The fraction of sp³-hybridized carbons (Fsp3) is 0.412. The van der Waals surface area contributed by atoms with Crippen molar-refractivity contribution in [1.82, 2.24) is 4.98 Å². The number of hydrogen-bond acceptors (Lipinski definition) is 0. The predicted octanol–water partition coefficient (Wildman–Crippen LogP) is 4.51. The van der Waals surface area contributed by atoms with E-state index < -0.39 is 0 Å². The van der Waals surface area contributed by atoms with E-state index in [1.807, 2.05) is 0 Å². The Labute approximate surface area is 108 Å². The minimum absolute atomic E-state index is 0.375.